The van der Waals surface area contributed by atoms with Crippen molar-refractivity contribution >= 4 is 35.6 Å². The minimum atomic E-state index is 0. The van der Waals surface area contributed by atoms with Crippen molar-refractivity contribution < 1.29 is 0 Å². The highest BCUT2D eigenvalue weighted by Gasteiger charge is 2.28. The molecule has 0 aliphatic heterocycles. The maximum Gasteiger partial charge on any atom is 0.0697 e. The van der Waals surface area contributed by atoms with Crippen molar-refractivity contribution in [3.8, 4) is 5.69 Å². The Bertz CT molecular complexity index is 896. The summed E-state index contributed by atoms with van der Waals surface area (Å²) in [5, 5.41) is 12.6. The second-order valence-electron chi connectivity index (χ2n) is 6.31. The lowest BCUT2D eigenvalue weighted by molar-refractivity contribution is 0.470. The van der Waals surface area contributed by atoms with Crippen LogP contribution in [0.2, 0.25) is 10.0 Å². The van der Waals surface area contributed by atoms with Crippen LogP contribution in [0.3, 0.4) is 0 Å². The quantitative estimate of drug-likeness (QED) is 0.648. The average Bonchev–Trinajstić information content (AvgIpc) is 3.17. The fourth-order valence-electron chi connectivity index (χ4n) is 3.69. The fraction of sp³-hybridized carbons (Fsp3) is 0.263. The standard InChI is InChI=1S/C19H18Cl2N4.ClH/c1-22-19-7-5-14(12-2-6-17(20)18(21)10-12)15-4-3-13(11-16(15)19)25-9-8-23-24-25;/h2-4,6,8-11,14,19,22H,5,7H2,1H3;1H/t14-,19-;/m0./s1. The van der Waals surface area contributed by atoms with E-state index in [0.717, 1.165) is 18.5 Å². The van der Waals surface area contributed by atoms with Crippen LogP contribution in [-0.2, 0) is 0 Å². The van der Waals surface area contributed by atoms with Gasteiger partial charge >= 0.3 is 0 Å². The molecule has 0 unspecified atom stereocenters. The van der Waals surface area contributed by atoms with Gasteiger partial charge in [0.1, 0.15) is 0 Å². The van der Waals surface area contributed by atoms with E-state index in [2.05, 4.69) is 39.9 Å². The zero-order valence-electron chi connectivity index (χ0n) is 14.2. The molecule has 0 fully saturated rings. The van der Waals surface area contributed by atoms with E-state index in [0.29, 0.717) is 22.0 Å². The van der Waals surface area contributed by atoms with E-state index in [9.17, 15) is 0 Å². The van der Waals surface area contributed by atoms with Crippen molar-refractivity contribution in [1.82, 2.24) is 20.3 Å². The second-order valence-corrected chi connectivity index (χ2v) is 7.12. The Hall–Kier alpha value is -1.59. The predicted molar refractivity (Wildman–Crippen MR) is 108 cm³/mol. The number of benzene rings is 2. The summed E-state index contributed by atoms with van der Waals surface area (Å²) >= 11 is 12.3. The van der Waals surface area contributed by atoms with Crippen LogP contribution in [0.25, 0.3) is 5.69 Å². The van der Waals surface area contributed by atoms with Gasteiger partial charge in [-0.3, -0.25) is 0 Å². The molecule has 0 radical (unpaired) electrons. The van der Waals surface area contributed by atoms with Gasteiger partial charge in [0.15, 0.2) is 0 Å². The smallest absolute Gasteiger partial charge is 0.0697 e. The Labute approximate surface area is 168 Å². The third-order valence-electron chi connectivity index (χ3n) is 4.95. The molecule has 4 nitrogen and oxygen atoms in total. The Morgan fingerprint density at radius 3 is 2.58 bits per heavy atom. The largest absolute Gasteiger partial charge is 0.313 e. The normalized spacial score (nSPS) is 18.9. The van der Waals surface area contributed by atoms with E-state index >= 15 is 0 Å². The van der Waals surface area contributed by atoms with Crippen LogP contribution in [0.4, 0.5) is 0 Å². The molecule has 0 saturated heterocycles. The molecule has 4 rings (SSSR count). The Morgan fingerprint density at radius 1 is 1.04 bits per heavy atom. The van der Waals surface area contributed by atoms with Gasteiger partial charge in [0.25, 0.3) is 0 Å². The third kappa shape index (κ3) is 3.47. The van der Waals surface area contributed by atoms with Crippen molar-refractivity contribution in [3.63, 3.8) is 0 Å². The molecule has 1 aliphatic carbocycles. The van der Waals surface area contributed by atoms with Crippen molar-refractivity contribution in [1.29, 1.82) is 0 Å². The summed E-state index contributed by atoms with van der Waals surface area (Å²) in [6.45, 7) is 0. The summed E-state index contributed by atoms with van der Waals surface area (Å²) < 4.78 is 1.79. The molecule has 26 heavy (non-hydrogen) atoms. The first-order valence-electron chi connectivity index (χ1n) is 8.30. The van der Waals surface area contributed by atoms with Gasteiger partial charge in [-0.05, 0) is 60.8 Å². The minimum absolute atomic E-state index is 0. The summed E-state index contributed by atoms with van der Waals surface area (Å²) in [5.41, 5.74) is 4.86. The maximum absolute atomic E-state index is 6.25. The average molecular weight is 410 g/mol. The van der Waals surface area contributed by atoms with Crippen LogP contribution in [0.15, 0.2) is 48.8 Å². The number of nitrogens with zero attached hydrogens (tertiary/aromatic N) is 3. The van der Waals surface area contributed by atoms with Crippen LogP contribution in [0.1, 0.15) is 41.5 Å². The summed E-state index contributed by atoms with van der Waals surface area (Å²) in [6, 6.07) is 12.8. The lowest BCUT2D eigenvalue weighted by Crippen LogP contribution is -2.24. The van der Waals surface area contributed by atoms with Crippen molar-refractivity contribution in [3.05, 3.63) is 75.5 Å². The van der Waals surface area contributed by atoms with Gasteiger partial charge in [0.05, 0.1) is 28.1 Å². The van der Waals surface area contributed by atoms with Crippen LogP contribution < -0.4 is 5.32 Å². The number of aromatic nitrogens is 3. The van der Waals surface area contributed by atoms with Gasteiger partial charge in [-0.15, -0.1) is 17.5 Å². The van der Waals surface area contributed by atoms with Crippen LogP contribution in [0.5, 0.6) is 0 Å². The number of nitrogens with one attached hydrogen (secondary N) is 1. The summed E-state index contributed by atoms with van der Waals surface area (Å²) in [6.07, 6.45) is 5.68. The maximum atomic E-state index is 6.25. The molecule has 1 aliphatic rings. The first-order chi connectivity index (χ1) is 12.2. The Kier molecular flexibility index (Phi) is 5.88. The monoisotopic (exact) mass is 408 g/mol. The van der Waals surface area contributed by atoms with E-state index in [4.69, 9.17) is 23.2 Å². The highest BCUT2D eigenvalue weighted by molar-refractivity contribution is 6.42. The third-order valence-corrected chi connectivity index (χ3v) is 5.69. The van der Waals surface area contributed by atoms with Gasteiger partial charge < -0.3 is 5.32 Å². The van der Waals surface area contributed by atoms with E-state index < -0.39 is 0 Å². The van der Waals surface area contributed by atoms with Crippen LogP contribution >= 0.6 is 35.6 Å². The molecule has 2 aromatic carbocycles. The van der Waals surface area contributed by atoms with E-state index in [-0.39, 0.29) is 12.4 Å². The SMILES string of the molecule is CN[C@H]1CC[C@@H](c2ccc(Cl)c(Cl)c2)c2ccc(-n3ccnn3)cc21.Cl. The molecule has 3 aromatic rings. The van der Waals surface area contributed by atoms with Gasteiger partial charge in [-0.1, -0.05) is 40.5 Å². The molecule has 2 atom stereocenters. The summed E-state index contributed by atoms with van der Waals surface area (Å²) in [7, 11) is 2.01. The van der Waals surface area contributed by atoms with Crippen molar-refractivity contribution in [2.24, 2.45) is 0 Å². The molecule has 1 heterocycles. The molecule has 0 bridgehead atoms. The molecular formula is C19H19Cl3N4. The van der Waals surface area contributed by atoms with Crippen molar-refractivity contribution in [2.45, 2.75) is 24.8 Å². The Morgan fingerprint density at radius 2 is 1.88 bits per heavy atom. The predicted octanol–water partition coefficient (Wildman–Crippen LogP) is 5.18. The molecule has 1 aromatic heterocycles. The van der Waals surface area contributed by atoms with E-state index in [1.165, 1.54) is 16.7 Å². The zero-order chi connectivity index (χ0) is 17.4. The molecule has 1 N–H and O–H groups in total. The first kappa shape index (κ1) is 19.2. The topological polar surface area (TPSA) is 42.7 Å². The number of hydrogen-bond acceptors (Lipinski definition) is 3. The lowest BCUT2D eigenvalue weighted by Gasteiger charge is -2.32. The van der Waals surface area contributed by atoms with E-state index in [1.54, 1.807) is 10.9 Å². The zero-order valence-corrected chi connectivity index (χ0v) is 16.5. The van der Waals surface area contributed by atoms with Crippen LogP contribution in [-0.4, -0.2) is 22.0 Å². The highest BCUT2D eigenvalue weighted by Crippen LogP contribution is 2.42. The second kappa shape index (κ2) is 7.97. The van der Waals surface area contributed by atoms with Gasteiger partial charge in [-0.2, -0.15) is 0 Å². The molecule has 7 heteroatoms. The van der Waals surface area contributed by atoms with Crippen molar-refractivity contribution in [2.75, 3.05) is 7.05 Å². The van der Waals surface area contributed by atoms with Crippen LogP contribution in [0, 0.1) is 0 Å². The van der Waals surface area contributed by atoms with Gasteiger partial charge in [0, 0.05) is 12.0 Å². The Balaban J connectivity index is 0.00000196. The minimum Gasteiger partial charge on any atom is -0.313 e. The molecule has 0 saturated carbocycles. The molecule has 136 valence electrons. The molecule has 0 spiro atoms. The summed E-state index contributed by atoms with van der Waals surface area (Å²) in [5.74, 6) is 0.319. The number of hydrogen-bond donors (Lipinski definition) is 1. The van der Waals surface area contributed by atoms with Gasteiger partial charge in [0.2, 0.25) is 0 Å². The highest BCUT2D eigenvalue weighted by atomic mass is 35.5. The lowest BCUT2D eigenvalue weighted by atomic mass is 9.76. The summed E-state index contributed by atoms with van der Waals surface area (Å²) in [4.78, 5) is 0. The number of rotatable bonds is 3. The molecule has 0 amide bonds. The first-order valence-corrected chi connectivity index (χ1v) is 9.05. The number of fused-ring (bicyclic) bond motifs is 1. The number of halogens is 3. The fourth-order valence-corrected chi connectivity index (χ4v) is 4.00. The van der Waals surface area contributed by atoms with E-state index in [1.807, 2.05) is 25.4 Å². The molecular weight excluding hydrogens is 391 g/mol. The van der Waals surface area contributed by atoms with Gasteiger partial charge in [-0.25, -0.2) is 4.68 Å².